The lowest BCUT2D eigenvalue weighted by Crippen LogP contribution is -2.27. The Balaban J connectivity index is 2.92. The SMILES string of the molecule is CCOCCN(CC)c1ccc([N+](=O)[O-])c(C=O)c1. The van der Waals surface area contributed by atoms with Crippen LogP contribution < -0.4 is 4.90 Å². The molecule has 0 radical (unpaired) electrons. The molecule has 0 aliphatic rings. The van der Waals surface area contributed by atoms with E-state index in [2.05, 4.69) is 0 Å². The Morgan fingerprint density at radius 2 is 2.16 bits per heavy atom. The van der Waals surface area contributed by atoms with Gasteiger partial charge in [-0.25, -0.2) is 0 Å². The first-order valence-corrected chi connectivity index (χ1v) is 6.20. The molecule has 1 rings (SSSR count). The molecular weight excluding hydrogens is 248 g/mol. The van der Waals surface area contributed by atoms with Crippen molar-refractivity contribution in [2.75, 3.05) is 31.2 Å². The van der Waals surface area contributed by atoms with Gasteiger partial charge in [0.25, 0.3) is 5.69 Å². The summed E-state index contributed by atoms with van der Waals surface area (Å²) in [6.45, 7) is 6.55. The molecule has 0 spiro atoms. The Kier molecular flexibility index (Phi) is 5.95. The summed E-state index contributed by atoms with van der Waals surface area (Å²) in [5.41, 5.74) is 0.715. The predicted octanol–water partition coefficient (Wildman–Crippen LogP) is 2.27. The molecule has 0 aliphatic carbocycles. The number of likely N-dealkylation sites (N-methyl/N-ethyl adjacent to an activating group) is 1. The molecule has 0 unspecified atom stereocenters. The summed E-state index contributed by atoms with van der Waals surface area (Å²) in [5, 5.41) is 10.8. The normalized spacial score (nSPS) is 10.2. The number of carbonyl (C=O) groups excluding carboxylic acids is 1. The maximum Gasteiger partial charge on any atom is 0.280 e. The van der Waals surface area contributed by atoms with Crippen molar-refractivity contribution in [1.29, 1.82) is 0 Å². The second-order valence-electron chi connectivity index (χ2n) is 3.89. The smallest absolute Gasteiger partial charge is 0.280 e. The van der Waals surface area contributed by atoms with E-state index in [1.165, 1.54) is 6.07 Å². The number of ether oxygens (including phenoxy) is 1. The van der Waals surface area contributed by atoms with E-state index < -0.39 is 4.92 Å². The van der Waals surface area contributed by atoms with E-state index in [1.807, 2.05) is 18.7 Å². The van der Waals surface area contributed by atoms with Crippen LogP contribution in [0.5, 0.6) is 0 Å². The highest BCUT2D eigenvalue weighted by molar-refractivity contribution is 5.83. The van der Waals surface area contributed by atoms with Crippen LogP contribution in [-0.4, -0.2) is 37.5 Å². The Labute approximate surface area is 112 Å². The largest absolute Gasteiger partial charge is 0.380 e. The summed E-state index contributed by atoms with van der Waals surface area (Å²) < 4.78 is 5.29. The van der Waals surface area contributed by atoms with E-state index in [0.717, 1.165) is 12.2 Å². The first kappa shape index (κ1) is 15.1. The lowest BCUT2D eigenvalue weighted by Gasteiger charge is -2.23. The number of benzene rings is 1. The van der Waals surface area contributed by atoms with E-state index in [1.54, 1.807) is 12.1 Å². The minimum absolute atomic E-state index is 0.0948. The highest BCUT2D eigenvalue weighted by Crippen LogP contribution is 2.23. The fourth-order valence-electron chi connectivity index (χ4n) is 1.79. The molecular formula is C13H18N2O4. The van der Waals surface area contributed by atoms with Gasteiger partial charge in [-0.15, -0.1) is 0 Å². The van der Waals surface area contributed by atoms with Crippen molar-refractivity contribution in [2.24, 2.45) is 0 Å². The van der Waals surface area contributed by atoms with Crippen molar-refractivity contribution in [3.8, 4) is 0 Å². The average molecular weight is 266 g/mol. The van der Waals surface area contributed by atoms with Crippen LogP contribution in [0, 0.1) is 10.1 Å². The quantitative estimate of drug-likeness (QED) is 0.312. The summed E-state index contributed by atoms with van der Waals surface area (Å²) in [6, 6.07) is 4.56. The zero-order valence-corrected chi connectivity index (χ0v) is 11.2. The van der Waals surface area contributed by atoms with Crippen molar-refractivity contribution in [3.05, 3.63) is 33.9 Å². The summed E-state index contributed by atoms with van der Waals surface area (Å²) in [5.74, 6) is 0. The topological polar surface area (TPSA) is 72.7 Å². The zero-order valence-electron chi connectivity index (χ0n) is 11.2. The minimum atomic E-state index is -0.552. The number of anilines is 1. The van der Waals surface area contributed by atoms with Crippen LogP contribution in [0.15, 0.2) is 18.2 Å². The van der Waals surface area contributed by atoms with Crippen molar-refractivity contribution in [1.82, 2.24) is 0 Å². The Hall–Kier alpha value is -1.95. The highest BCUT2D eigenvalue weighted by Gasteiger charge is 2.15. The van der Waals surface area contributed by atoms with Crippen LogP contribution >= 0.6 is 0 Å². The lowest BCUT2D eigenvalue weighted by atomic mass is 10.1. The van der Waals surface area contributed by atoms with Gasteiger partial charge >= 0.3 is 0 Å². The van der Waals surface area contributed by atoms with Crippen molar-refractivity contribution in [2.45, 2.75) is 13.8 Å². The molecule has 0 atom stereocenters. The zero-order chi connectivity index (χ0) is 14.3. The Morgan fingerprint density at radius 1 is 1.42 bits per heavy atom. The molecule has 1 aromatic carbocycles. The van der Waals surface area contributed by atoms with Crippen LogP contribution in [0.4, 0.5) is 11.4 Å². The van der Waals surface area contributed by atoms with Gasteiger partial charge < -0.3 is 9.64 Å². The van der Waals surface area contributed by atoms with Gasteiger partial charge in [-0.3, -0.25) is 14.9 Å². The highest BCUT2D eigenvalue weighted by atomic mass is 16.6. The van der Waals surface area contributed by atoms with E-state index >= 15 is 0 Å². The number of hydrogen-bond acceptors (Lipinski definition) is 5. The number of rotatable bonds is 8. The molecule has 0 bridgehead atoms. The van der Waals surface area contributed by atoms with E-state index in [9.17, 15) is 14.9 Å². The Bertz CT molecular complexity index is 448. The third kappa shape index (κ3) is 4.03. The molecule has 0 heterocycles. The molecule has 0 fully saturated rings. The van der Waals surface area contributed by atoms with Crippen LogP contribution in [0.25, 0.3) is 0 Å². The molecule has 0 saturated heterocycles. The van der Waals surface area contributed by atoms with Crippen molar-refractivity contribution >= 4 is 17.7 Å². The van der Waals surface area contributed by atoms with Crippen LogP contribution in [0.3, 0.4) is 0 Å². The first-order chi connectivity index (χ1) is 9.13. The molecule has 1 aromatic rings. The number of aldehydes is 1. The van der Waals surface area contributed by atoms with Crippen molar-refractivity contribution in [3.63, 3.8) is 0 Å². The predicted molar refractivity (Wildman–Crippen MR) is 72.9 cm³/mol. The van der Waals surface area contributed by atoms with Gasteiger partial charge in [-0.2, -0.15) is 0 Å². The second kappa shape index (κ2) is 7.48. The number of hydrogen-bond donors (Lipinski definition) is 0. The summed E-state index contributed by atoms with van der Waals surface area (Å²) in [4.78, 5) is 23.1. The second-order valence-corrected chi connectivity index (χ2v) is 3.89. The van der Waals surface area contributed by atoms with Gasteiger partial charge in [0.05, 0.1) is 17.1 Å². The van der Waals surface area contributed by atoms with E-state index in [0.29, 0.717) is 26.0 Å². The van der Waals surface area contributed by atoms with Crippen LogP contribution in [0.1, 0.15) is 24.2 Å². The molecule has 0 N–H and O–H groups in total. The van der Waals surface area contributed by atoms with Gasteiger partial charge in [0.2, 0.25) is 0 Å². The van der Waals surface area contributed by atoms with E-state index in [4.69, 9.17) is 4.74 Å². The fourth-order valence-corrected chi connectivity index (χ4v) is 1.79. The van der Waals surface area contributed by atoms with Gasteiger partial charge in [0.1, 0.15) is 0 Å². The molecule has 6 nitrogen and oxygen atoms in total. The molecule has 0 saturated carbocycles. The molecule has 0 amide bonds. The molecule has 0 aromatic heterocycles. The lowest BCUT2D eigenvalue weighted by molar-refractivity contribution is -0.385. The number of nitrogens with zero attached hydrogens (tertiary/aromatic N) is 2. The molecule has 0 aliphatic heterocycles. The summed E-state index contributed by atoms with van der Waals surface area (Å²) in [6.07, 6.45) is 0.512. The monoisotopic (exact) mass is 266 g/mol. The first-order valence-electron chi connectivity index (χ1n) is 6.20. The number of nitro benzene ring substituents is 1. The summed E-state index contributed by atoms with van der Waals surface area (Å²) in [7, 11) is 0. The van der Waals surface area contributed by atoms with E-state index in [-0.39, 0.29) is 11.3 Å². The van der Waals surface area contributed by atoms with Gasteiger partial charge in [0, 0.05) is 31.5 Å². The third-order valence-electron chi connectivity index (χ3n) is 2.79. The fraction of sp³-hybridized carbons (Fsp3) is 0.462. The van der Waals surface area contributed by atoms with Crippen molar-refractivity contribution < 1.29 is 14.5 Å². The molecule has 19 heavy (non-hydrogen) atoms. The molecule has 104 valence electrons. The maximum atomic E-state index is 10.9. The number of nitro groups is 1. The van der Waals surface area contributed by atoms with Crippen LogP contribution in [0.2, 0.25) is 0 Å². The van der Waals surface area contributed by atoms with Gasteiger partial charge in [-0.05, 0) is 26.0 Å². The van der Waals surface area contributed by atoms with Crippen LogP contribution in [-0.2, 0) is 4.74 Å². The minimum Gasteiger partial charge on any atom is -0.380 e. The van der Waals surface area contributed by atoms with Gasteiger partial charge in [0.15, 0.2) is 6.29 Å². The maximum absolute atomic E-state index is 10.9. The van der Waals surface area contributed by atoms with Gasteiger partial charge in [-0.1, -0.05) is 0 Å². The third-order valence-corrected chi connectivity index (χ3v) is 2.79. The Morgan fingerprint density at radius 3 is 2.68 bits per heavy atom. The average Bonchev–Trinajstić information content (AvgIpc) is 2.43. The number of carbonyl (C=O) groups is 1. The molecule has 6 heteroatoms. The standard InChI is InChI=1S/C13H18N2O4/c1-3-14(7-8-19-4-2)12-5-6-13(15(17)18)11(9-12)10-16/h5-6,9-10H,3-4,7-8H2,1-2H3. The summed E-state index contributed by atoms with van der Waals surface area (Å²) >= 11 is 0.